The Morgan fingerprint density at radius 1 is 0.720 bits per heavy atom. The van der Waals surface area contributed by atoms with E-state index in [1.165, 1.54) is 44.9 Å². The molecule has 1 aliphatic heterocycles. The summed E-state index contributed by atoms with van der Waals surface area (Å²) in [5.74, 6) is -1.67. The fraction of sp³-hybridized carbons (Fsp3) is 0.615. The van der Waals surface area contributed by atoms with Crippen LogP contribution in [0.1, 0.15) is 108 Å². The number of esters is 2. The minimum absolute atomic E-state index is 0.0139. The first-order valence-electron chi connectivity index (χ1n) is 18.3. The second kappa shape index (κ2) is 23.9. The molecule has 2 aromatic rings. The maximum Gasteiger partial charge on any atom is 0.308 e. The van der Waals surface area contributed by atoms with Crippen LogP contribution in [0.25, 0.3) is 0 Å². The number of benzene rings is 2. The number of hydrogen-bond donors (Lipinski definition) is 4. The molecule has 5 atom stereocenters. The van der Waals surface area contributed by atoms with Crippen LogP contribution in [0.4, 0.5) is 0 Å². The second-order valence-corrected chi connectivity index (χ2v) is 13.0. The van der Waals surface area contributed by atoms with Crippen molar-refractivity contribution in [3.05, 3.63) is 71.8 Å². The van der Waals surface area contributed by atoms with E-state index in [1.807, 2.05) is 60.7 Å². The van der Waals surface area contributed by atoms with E-state index >= 15 is 0 Å². The molecule has 0 bridgehead atoms. The molecule has 0 aliphatic carbocycles. The van der Waals surface area contributed by atoms with Crippen molar-refractivity contribution in [1.82, 2.24) is 5.32 Å². The van der Waals surface area contributed by atoms with E-state index in [9.17, 15) is 29.7 Å². The minimum Gasteiger partial charge on any atom is -0.461 e. The number of nitrogens with one attached hydrogen (secondary N) is 1. The summed E-state index contributed by atoms with van der Waals surface area (Å²) in [5.41, 5.74) is 1.55. The maximum atomic E-state index is 13.0. The van der Waals surface area contributed by atoms with Crippen LogP contribution in [-0.4, -0.2) is 76.5 Å². The second-order valence-electron chi connectivity index (χ2n) is 13.0. The van der Waals surface area contributed by atoms with Crippen LogP contribution in [0.5, 0.6) is 0 Å². The van der Waals surface area contributed by atoms with Crippen molar-refractivity contribution in [3.63, 3.8) is 0 Å². The Hall–Kier alpha value is -3.35. The predicted molar refractivity (Wildman–Crippen MR) is 187 cm³/mol. The van der Waals surface area contributed by atoms with Crippen molar-refractivity contribution in [3.8, 4) is 0 Å². The lowest BCUT2D eigenvalue weighted by Gasteiger charge is -2.43. The molecule has 0 unspecified atom stereocenters. The molecule has 1 aliphatic rings. The van der Waals surface area contributed by atoms with Crippen LogP contribution < -0.4 is 5.32 Å². The van der Waals surface area contributed by atoms with Gasteiger partial charge in [0.15, 0.2) is 6.29 Å². The quantitative estimate of drug-likeness (QED) is 0.0840. The fourth-order valence-electron chi connectivity index (χ4n) is 5.88. The first-order chi connectivity index (χ1) is 24.3. The first kappa shape index (κ1) is 41.1. The lowest BCUT2D eigenvalue weighted by molar-refractivity contribution is -0.282. The van der Waals surface area contributed by atoms with Crippen LogP contribution in [0.3, 0.4) is 0 Å². The lowest BCUT2D eigenvalue weighted by atomic mass is 9.96. The number of carbonyl (C=O) groups is 3. The number of aliphatic hydroxyl groups is 3. The van der Waals surface area contributed by atoms with E-state index in [0.29, 0.717) is 6.42 Å². The smallest absolute Gasteiger partial charge is 0.308 e. The molecule has 11 nitrogen and oxygen atoms in total. The van der Waals surface area contributed by atoms with Gasteiger partial charge in [-0.25, -0.2) is 0 Å². The highest BCUT2D eigenvalue weighted by Gasteiger charge is 2.46. The zero-order valence-corrected chi connectivity index (χ0v) is 29.5. The summed E-state index contributed by atoms with van der Waals surface area (Å²) in [5, 5.41) is 34.2. The molecule has 0 aromatic heterocycles. The standard InChI is InChI=1S/C39H57NO10/c1-2-3-4-5-6-7-8-9-10-11-18-23-33(42)40-36-38(46)37(45)32(26-41)50-39(36)49-31(24-34(43)47-27-29-19-14-12-15-20-29)25-35(44)48-28-30-21-16-13-17-22-30/h12-17,19-22,31-32,36-39,41,45-46H,2-11,18,23-28H2,1H3,(H,40,42)/t32-,36-,37-,38-,39-/m1/s1. The van der Waals surface area contributed by atoms with Gasteiger partial charge in [-0.05, 0) is 17.5 Å². The van der Waals surface area contributed by atoms with Crippen molar-refractivity contribution in [2.24, 2.45) is 0 Å². The number of rotatable bonds is 24. The summed E-state index contributed by atoms with van der Waals surface area (Å²) in [6.45, 7) is 1.60. The van der Waals surface area contributed by atoms with Gasteiger partial charge in [0.25, 0.3) is 0 Å². The molecule has 1 saturated heterocycles. The number of carbonyl (C=O) groups excluding carboxylic acids is 3. The zero-order chi connectivity index (χ0) is 36.0. The van der Waals surface area contributed by atoms with E-state index in [2.05, 4.69) is 12.2 Å². The Balaban J connectivity index is 1.58. The number of ether oxygens (including phenoxy) is 4. The number of amides is 1. The van der Waals surface area contributed by atoms with Crippen LogP contribution in [0.2, 0.25) is 0 Å². The van der Waals surface area contributed by atoms with E-state index in [-0.39, 0.29) is 38.4 Å². The van der Waals surface area contributed by atoms with Gasteiger partial charge in [0.2, 0.25) is 5.91 Å². The van der Waals surface area contributed by atoms with Crippen LogP contribution in [0, 0.1) is 0 Å². The monoisotopic (exact) mass is 699 g/mol. The summed E-state index contributed by atoms with van der Waals surface area (Å²) < 4.78 is 22.7. The predicted octanol–water partition coefficient (Wildman–Crippen LogP) is 5.26. The van der Waals surface area contributed by atoms with E-state index in [0.717, 1.165) is 30.4 Å². The van der Waals surface area contributed by atoms with E-state index in [1.54, 1.807) is 0 Å². The van der Waals surface area contributed by atoms with Gasteiger partial charge in [-0.15, -0.1) is 0 Å². The third-order valence-electron chi connectivity index (χ3n) is 8.82. The SMILES string of the molecule is CCCCCCCCCCCCCC(=O)N[C@H]1[C@H](OC(CC(=O)OCc2ccccc2)CC(=O)OCc2ccccc2)O[C@H](CO)[C@@H](O)[C@@H]1O. The molecular formula is C39H57NO10. The highest BCUT2D eigenvalue weighted by Crippen LogP contribution is 2.25. The van der Waals surface area contributed by atoms with Gasteiger partial charge in [-0.1, -0.05) is 132 Å². The zero-order valence-electron chi connectivity index (χ0n) is 29.5. The topological polar surface area (TPSA) is 161 Å². The van der Waals surface area contributed by atoms with Crippen LogP contribution in [0.15, 0.2) is 60.7 Å². The first-order valence-corrected chi connectivity index (χ1v) is 18.3. The highest BCUT2D eigenvalue weighted by molar-refractivity contribution is 5.76. The molecular weight excluding hydrogens is 642 g/mol. The molecule has 4 N–H and O–H groups in total. The summed E-state index contributed by atoms with van der Waals surface area (Å²) in [6.07, 6.45) is 5.16. The molecule has 0 radical (unpaired) electrons. The molecule has 50 heavy (non-hydrogen) atoms. The van der Waals surface area contributed by atoms with Gasteiger partial charge in [0.05, 0.1) is 25.6 Å². The van der Waals surface area contributed by atoms with Crippen molar-refractivity contribution >= 4 is 17.8 Å². The largest absolute Gasteiger partial charge is 0.461 e. The third kappa shape index (κ3) is 15.7. The van der Waals surface area contributed by atoms with Gasteiger partial charge >= 0.3 is 11.9 Å². The molecule has 1 fully saturated rings. The number of hydrogen-bond acceptors (Lipinski definition) is 10. The van der Waals surface area contributed by atoms with E-state index < -0.39 is 55.3 Å². The van der Waals surface area contributed by atoms with Gasteiger partial charge in [-0.3, -0.25) is 14.4 Å². The minimum atomic E-state index is -1.55. The van der Waals surface area contributed by atoms with Crippen LogP contribution in [-0.2, 0) is 46.5 Å². The average Bonchev–Trinajstić information content (AvgIpc) is 3.12. The lowest BCUT2D eigenvalue weighted by Crippen LogP contribution is -2.65. The molecule has 1 amide bonds. The van der Waals surface area contributed by atoms with Gasteiger partial charge in [-0.2, -0.15) is 0 Å². The number of unbranched alkanes of at least 4 members (excludes halogenated alkanes) is 10. The Bertz CT molecular complexity index is 1170. The fourth-order valence-corrected chi connectivity index (χ4v) is 5.88. The molecule has 278 valence electrons. The number of aliphatic hydroxyl groups excluding tert-OH is 3. The molecule has 2 aromatic carbocycles. The van der Waals surface area contributed by atoms with Crippen molar-refractivity contribution < 1.29 is 48.7 Å². The third-order valence-corrected chi connectivity index (χ3v) is 8.82. The van der Waals surface area contributed by atoms with Crippen LogP contribution >= 0.6 is 0 Å². The van der Waals surface area contributed by atoms with E-state index in [4.69, 9.17) is 18.9 Å². The Labute approximate surface area is 296 Å². The Morgan fingerprint density at radius 3 is 1.68 bits per heavy atom. The average molecular weight is 700 g/mol. The van der Waals surface area contributed by atoms with Gasteiger partial charge in [0.1, 0.15) is 37.6 Å². The van der Waals surface area contributed by atoms with Crippen molar-refractivity contribution in [2.45, 2.75) is 147 Å². The normalized spacial score (nSPS) is 20.4. The molecule has 0 spiro atoms. The molecule has 1 heterocycles. The Kier molecular flexibility index (Phi) is 19.7. The molecule has 0 saturated carbocycles. The van der Waals surface area contributed by atoms with Gasteiger partial charge < -0.3 is 39.6 Å². The van der Waals surface area contributed by atoms with Crippen molar-refractivity contribution in [2.75, 3.05) is 6.61 Å². The molecule has 11 heteroatoms. The summed E-state index contributed by atoms with van der Waals surface area (Å²) in [4.78, 5) is 38.8. The molecule has 3 rings (SSSR count). The van der Waals surface area contributed by atoms with Gasteiger partial charge in [0, 0.05) is 6.42 Å². The summed E-state index contributed by atoms with van der Waals surface area (Å²) in [7, 11) is 0. The Morgan fingerprint density at radius 2 is 1.20 bits per heavy atom. The van der Waals surface area contributed by atoms with Crippen molar-refractivity contribution in [1.29, 1.82) is 0 Å². The summed E-state index contributed by atoms with van der Waals surface area (Å²) in [6, 6.07) is 17.0. The highest BCUT2D eigenvalue weighted by atomic mass is 16.7. The maximum absolute atomic E-state index is 13.0. The summed E-state index contributed by atoms with van der Waals surface area (Å²) >= 11 is 0.